The van der Waals surface area contributed by atoms with E-state index in [4.69, 9.17) is 9.47 Å². The van der Waals surface area contributed by atoms with E-state index < -0.39 is 4.92 Å². The highest BCUT2D eigenvalue weighted by Gasteiger charge is 2.24. The first-order valence-electron chi connectivity index (χ1n) is 13.1. The van der Waals surface area contributed by atoms with Gasteiger partial charge in [-0.05, 0) is 59.0 Å². The van der Waals surface area contributed by atoms with Gasteiger partial charge in [0.15, 0.2) is 11.5 Å². The van der Waals surface area contributed by atoms with E-state index in [1.807, 2.05) is 41.4 Å². The van der Waals surface area contributed by atoms with Crippen LogP contribution >= 0.6 is 0 Å². The molecule has 0 radical (unpaired) electrons. The van der Waals surface area contributed by atoms with Crippen molar-refractivity contribution in [2.45, 2.75) is 19.4 Å². The van der Waals surface area contributed by atoms with Crippen molar-refractivity contribution >= 4 is 5.69 Å². The first-order chi connectivity index (χ1) is 20.0. The van der Waals surface area contributed by atoms with Gasteiger partial charge in [-0.3, -0.25) is 15.0 Å². The van der Waals surface area contributed by atoms with Crippen LogP contribution in [0.4, 0.5) is 5.69 Å². The van der Waals surface area contributed by atoms with Crippen LogP contribution in [0, 0.1) is 10.1 Å². The van der Waals surface area contributed by atoms with Gasteiger partial charge >= 0.3 is 0 Å². The molecule has 12 heteroatoms. The van der Waals surface area contributed by atoms with Crippen LogP contribution in [-0.4, -0.2) is 66.9 Å². The molecule has 2 aromatic heterocycles. The van der Waals surface area contributed by atoms with Crippen LogP contribution in [0.2, 0.25) is 0 Å². The Morgan fingerprint density at radius 3 is 2.49 bits per heavy atom. The number of nitro groups is 1. The second-order valence-corrected chi connectivity index (χ2v) is 9.75. The molecule has 0 spiro atoms. The minimum atomic E-state index is -0.507. The summed E-state index contributed by atoms with van der Waals surface area (Å²) in [5, 5.41) is 24.3. The van der Waals surface area contributed by atoms with Gasteiger partial charge in [-0.2, -0.15) is 0 Å². The Morgan fingerprint density at radius 1 is 0.976 bits per heavy atom. The van der Waals surface area contributed by atoms with Crippen LogP contribution in [0.3, 0.4) is 0 Å². The topological polar surface area (TPSA) is 126 Å². The highest BCUT2D eigenvalue weighted by atomic mass is 16.6. The van der Waals surface area contributed by atoms with Crippen molar-refractivity contribution in [2.24, 2.45) is 0 Å². The lowest BCUT2D eigenvalue weighted by Gasteiger charge is -2.29. The Hall–Kier alpha value is -5.10. The number of hydrogen-bond acceptors (Lipinski definition) is 9. The molecule has 0 amide bonds. The molecule has 0 N–H and O–H groups in total. The number of aromatic nitrogens is 6. The molecule has 1 aliphatic heterocycles. The van der Waals surface area contributed by atoms with Crippen LogP contribution in [0.5, 0.6) is 11.5 Å². The Bertz CT molecular complexity index is 1680. The molecule has 0 aliphatic carbocycles. The van der Waals surface area contributed by atoms with Gasteiger partial charge in [0.2, 0.25) is 5.82 Å². The van der Waals surface area contributed by atoms with Crippen molar-refractivity contribution < 1.29 is 14.4 Å². The summed E-state index contributed by atoms with van der Waals surface area (Å²) in [6.45, 7) is 2.91. The second kappa shape index (κ2) is 11.2. The average Bonchev–Trinajstić information content (AvgIpc) is 3.73. The molecule has 41 heavy (non-hydrogen) atoms. The molecule has 0 fully saturated rings. The van der Waals surface area contributed by atoms with E-state index in [2.05, 4.69) is 43.5 Å². The summed E-state index contributed by atoms with van der Waals surface area (Å²) < 4.78 is 12.5. The average molecular weight is 553 g/mol. The molecule has 6 rings (SSSR count). The van der Waals surface area contributed by atoms with Crippen LogP contribution < -0.4 is 9.47 Å². The van der Waals surface area contributed by atoms with E-state index >= 15 is 0 Å². The fraction of sp³-hybridized carbons (Fsp3) is 0.241. The van der Waals surface area contributed by atoms with E-state index in [9.17, 15) is 10.1 Å². The van der Waals surface area contributed by atoms with Crippen molar-refractivity contribution in [3.63, 3.8) is 0 Å². The fourth-order valence-corrected chi connectivity index (χ4v) is 5.07. The monoisotopic (exact) mass is 552 g/mol. The van der Waals surface area contributed by atoms with Crippen molar-refractivity contribution in [1.29, 1.82) is 0 Å². The summed E-state index contributed by atoms with van der Waals surface area (Å²) in [5.41, 5.74) is 5.81. The van der Waals surface area contributed by atoms with Crippen LogP contribution in [0.15, 0.2) is 73.3 Å². The van der Waals surface area contributed by atoms with E-state index in [0.29, 0.717) is 11.4 Å². The second-order valence-electron chi connectivity index (χ2n) is 9.75. The number of ether oxygens (including phenoxy) is 2. The van der Waals surface area contributed by atoms with E-state index in [0.717, 1.165) is 38.2 Å². The summed E-state index contributed by atoms with van der Waals surface area (Å²) in [4.78, 5) is 19.2. The van der Waals surface area contributed by atoms with Crippen LogP contribution in [0.1, 0.15) is 16.7 Å². The van der Waals surface area contributed by atoms with Gasteiger partial charge in [-0.1, -0.05) is 18.2 Å². The third-order valence-electron chi connectivity index (χ3n) is 7.32. The lowest BCUT2D eigenvalue weighted by atomic mass is 9.98. The summed E-state index contributed by atoms with van der Waals surface area (Å²) in [7, 11) is 2.88. The maximum atomic E-state index is 11.7. The Morgan fingerprint density at radius 2 is 1.76 bits per heavy atom. The summed E-state index contributed by atoms with van der Waals surface area (Å²) in [5.74, 6) is 0.703. The highest BCUT2D eigenvalue weighted by molar-refractivity contribution is 5.72. The molecule has 3 aromatic carbocycles. The van der Waals surface area contributed by atoms with Gasteiger partial charge in [-0.15, -0.1) is 15.0 Å². The maximum absolute atomic E-state index is 11.7. The molecule has 0 saturated carbocycles. The quantitative estimate of drug-likeness (QED) is 0.197. The molecule has 208 valence electrons. The van der Waals surface area contributed by atoms with E-state index in [1.54, 1.807) is 6.20 Å². The zero-order chi connectivity index (χ0) is 28.3. The zero-order valence-electron chi connectivity index (χ0n) is 22.7. The maximum Gasteiger partial charge on any atom is 0.284 e. The minimum Gasteiger partial charge on any atom is -0.493 e. The third kappa shape index (κ3) is 5.37. The fourth-order valence-electron chi connectivity index (χ4n) is 5.07. The zero-order valence-corrected chi connectivity index (χ0v) is 22.7. The smallest absolute Gasteiger partial charge is 0.284 e. The first-order valence-corrected chi connectivity index (χ1v) is 13.1. The first kappa shape index (κ1) is 26.1. The molecule has 5 aromatic rings. The van der Waals surface area contributed by atoms with E-state index in [1.165, 1.54) is 47.8 Å². The number of benzene rings is 3. The minimum absolute atomic E-state index is 0.115. The number of fused-ring (bicyclic) bond motifs is 1. The number of rotatable bonds is 9. The lowest BCUT2D eigenvalue weighted by Crippen LogP contribution is -2.32. The number of imidazole rings is 1. The lowest BCUT2D eigenvalue weighted by molar-refractivity contribution is -0.384. The van der Waals surface area contributed by atoms with Crippen molar-refractivity contribution in [3.8, 4) is 34.3 Å². The Labute approximate surface area is 235 Å². The highest BCUT2D eigenvalue weighted by Crippen LogP contribution is 2.38. The molecule has 0 saturated heterocycles. The summed E-state index contributed by atoms with van der Waals surface area (Å²) in [6, 6.07) is 17.4. The standard InChI is InChI=1S/C29H28N8O4/c1-40-27-16-25(26(37(38)39)17-28(27)41-2)29-31-33-36(32-29)23-6-3-20(4-7-23)9-12-34-13-10-21-15-24(8-5-22(21)18-34)35-14-11-30-19-35/h3-8,11,14-17,19H,9-10,12-13,18H2,1-2H3. The number of methoxy groups -OCH3 is 2. The van der Waals surface area contributed by atoms with Gasteiger partial charge < -0.3 is 14.0 Å². The predicted molar refractivity (Wildman–Crippen MR) is 151 cm³/mol. The van der Waals surface area contributed by atoms with E-state index in [-0.39, 0.29) is 22.8 Å². The molecule has 0 unspecified atom stereocenters. The summed E-state index contributed by atoms with van der Waals surface area (Å²) >= 11 is 0. The molecular weight excluding hydrogens is 524 g/mol. The molecule has 12 nitrogen and oxygen atoms in total. The largest absolute Gasteiger partial charge is 0.493 e. The molecule has 1 aliphatic rings. The number of tetrazole rings is 1. The molecule has 0 bridgehead atoms. The predicted octanol–water partition coefficient (Wildman–Crippen LogP) is 4.04. The van der Waals surface area contributed by atoms with Gasteiger partial charge in [0.25, 0.3) is 5.69 Å². The normalized spacial score (nSPS) is 13.1. The van der Waals surface area contributed by atoms with Gasteiger partial charge in [-0.25, -0.2) is 4.98 Å². The molecular formula is C29H28N8O4. The van der Waals surface area contributed by atoms with Crippen molar-refractivity contribution in [2.75, 3.05) is 27.3 Å². The van der Waals surface area contributed by atoms with Gasteiger partial charge in [0.05, 0.1) is 37.2 Å². The van der Waals surface area contributed by atoms with Gasteiger partial charge in [0.1, 0.15) is 5.56 Å². The SMILES string of the molecule is COc1cc(-c2nnn(-c3ccc(CCN4CCc5cc(-n6ccnc6)ccc5C4)cc3)n2)c([N+](=O)[O-])cc1OC. The van der Waals surface area contributed by atoms with Crippen molar-refractivity contribution in [3.05, 3.63) is 100 Å². The molecule has 0 atom stereocenters. The van der Waals surface area contributed by atoms with Crippen molar-refractivity contribution in [1.82, 2.24) is 34.7 Å². The van der Waals surface area contributed by atoms with Crippen LogP contribution in [0.25, 0.3) is 22.8 Å². The number of hydrogen-bond donors (Lipinski definition) is 0. The molecule has 3 heterocycles. The number of nitro benzene ring substituents is 1. The Balaban J connectivity index is 1.11. The van der Waals surface area contributed by atoms with Gasteiger partial charge in [0, 0.05) is 43.8 Å². The Kier molecular flexibility index (Phi) is 7.13. The third-order valence-corrected chi connectivity index (χ3v) is 7.32. The number of nitrogens with zero attached hydrogens (tertiary/aromatic N) is 8. The van der Waals surface area contributed by atoms with Crippen LogP contribution in [-0.2, 0) is 19.4 Å². The summed E-state index contributed by atoms with van der Waals surface area (Å²) in [6.07, 6.45) is 7.52.